The van der Waals surface area contributed by atoms with E-state index in [1.807, 2.05) is 43.3 Å². The van der Waals surface area contributed by atoms with E-state index in [0.29, 0.717) is 12.3 Å². The summed E-state index contributed by atoms with van der Waals surface area (Å²) < 4.78 is 6.45. The van der Waals surface area contributed by atoms with Gasteiger partial charge in [0, 0.05) is 6.92 Å². The van der Waals surface area contributed by atoms with Crippen LogP contribution in [0.25, 0.3) is 11.3 Å². The number of amides is 2. The molecule has 31 heavy (non-hydrogen) atoms. The summed E-state index contributed by atoms with van der Waals surface area (Å²) in [6, 6.07) is 7.39. The molecular weight excluding hydrogens is 396 g/mol. The van der Waals surface area contributed by atoms with Crippen LogP contribution in [0.2, 0.25) is 0 Å². The van der Waals surface area contributed by atoms with Gasteiger partial charge < -0.3 is 15.8 Å². The number of ether oxygens (including phenoxy) is 1. The molecule has 8 nitrogen and oxygen atoms in total. The van der Waals surface area contributed by atoms with Gasteiger partial charge in [-0.05, 0) is 37.1 Å². The van der Waals surface area contributed by atoms with Crippen LogP contribution >= 0.6 is 0 Å². The minimum absolute atomic E-state index is 0.0240. The van der Waals surface area contributed by atoms with E-state index < -0.39 is 5.91 Å². The molecule has 0 saturated heterocycles. The number of aromatic nitrogens is 2. The van der Waals surface area contributed by atoms with E-state index in [0.717, 1.165) is 16.7 Å². The summed E-state index contributed by atoms with van der Waals surface area (Å²) in [4.78, 5) is 34.7. The number of esters is 1. The van der Waals surface area contributed by atoms with Gasteiger partial charge in [-0.25, -0.2) is 4.68 Å². The molecule has 0 atom stereocenters. The zero-order valence-corrected chi connectivity index (χ0v) is 17.8. The van der Waals surface area contributed by atoms with Gasteiger partial charge in [-0.1, -0.05) is 42.5 Å². The van der Waals surface area contributed by atoms with Gasteiger partial charge in [0.15, 0.2) is 5.69 Å². The van der Waals surface area contributed by atoms with Crippen molar-refractivity contribution in [3.05, 3.63) is 72.1 Å². The lowest BCUT2D eigenvalue weighted by Gasteiger charge is -2.08. The Hall–Kier alpha value is -3.94. The summed E-state index contributed by atoms with van der Waals surface area (Å²) in [5.74, 6) is -1.34. The zero-order chi connectivity index (χ0) is 23.0. The fourth-order valence-electron chi connectivity index (χ4n) is 2.89. The molecule has 8 heteroatoms. The molecule has 1 heterocycles. The second kappa shape index (κ2) is 10.7. The van der Waals surface area contributed by atoms with Crippen LogP contribution in [0, 0.1) is 0 Å². The van der Waals surface area contributed by atoms with E-state index in [-0.39, 0.29) is 29.7 Å². The SMILES string of the molecule is C=C/C=C(\C=C(\C)CC(=O)OCC)c1ccc(-n2cc(NC(C)=O)c(C(N)=O)n2)cc1. The number of nitrogens with zero attached hydrogens (tertiary/aromatic N) is 2. The molecule has 2 amide bonds. The van der Waals surface area contributed by atoms with Gasteiger partial charge in [-0.2, -0.15) is 5.10 Å². The Morgan fingerprint density at radius 2 is 1.90 bits per heavy atom. The quantitative estimate of drug-likeness (QED) is 0.475. The lowest BCUT2D eigenvalue weighted by atomic mass is 10.0. The highest BCUT2D eigenvalue weighted by Gasteiger charge is 2.16. The second-order valence-corrected chi connectivity index (χ2v) is 6.76. The Bertz CT molecular complexity index is 1050. The number of benzene rings is 1. The average Bonchev–Trinajstić information content (AvgIpc) is 3.11. The highest BCUT2D eigenvalue weighted by molar-refractivity contribution is 6.01. The number of rotatable bonds is 9. The minimum atomic E-state index is -0.738. The number of nitrogens with one attached hydrogen (secondary N) is 1. The molecule has 0 unspecified atom stereocenters. The molecule has 162 valence electrons. The lowest BCUT2D eigenvalue weighted by Crippen LogP contribution is -2.16. The third kappa shape index (κ3) is 6.53. The van der Waals surface area contributed by atoms with Crippen molar-refractivity contribution in [3.8, 4) is 5.69 Å². The largest absolute Gasteiger partial charge is 0.466 e. The van der Waals surface area contributed by atoms with Gasteiger partial charge in [0.05, 0.1) is 30.6 Å². The van der Waals surface area contributed by atoms with Crippen LogP contribution in [-0.2, 0) is 14.3 Å². The maximum Gasteiger partial charge on any atom is 0.309 e. The van der Waals surface area contributed by atoms with Crippen LogP contribution in [0.1, 0.15) is 43.2 Å². The van der Waals surface area contributed by atoms with Crippen LogP contribution in [0.3, 0.4) is 0 Å². The molecule has 0 radical (unpaired) electrons. The normalized spacial score (nSPS) is 11.7. The molecule has 0 aliphatic heterocycles. The standard InChI is InChI=1S/C23H26N4O4/c1-5-7-18(12-15(3)13-21(29)31-6-2)17-8-10-19(11-9-17)27-14-20(25-16(4)28)22(26-27)23(24)30/h5,7-12,14H,1,6,13H2,2-4H3,(H2,24,30)(H,25,28)/b15-12-,18-7+. The molecule has 0 saturated carbocycles. The monoisotopic (exact) mass is 422 g/mol. The highest BCUT2D eigenvalue weighted by atomic mass is 16.5. The molecule has 2 rings (SSSR count). The Labute approximate surface area is 181 Å². The van der Waals surface area contributed by atoms with E-state index in [2.05, 4.69) is 17.0 Å². The van der Waals surface area contributed by atoms with E-state index >= 15 is 0 Å². The fraction of sp³-hybridized carbons (Fsp3) is 0.217. The van der Waals surface area contributed by atoms with Crippen LogP contribution in [-0.4, -0.2) is 34.2 Å². The third-order valence-electron chi connectivity index (χ3n) is 4.15. The van der Waals surface area contributed by atoms with Crippen molar-refractivity contribution in [3.63, 3.8) is 0 Å². The number of anilines is 1. The summed E-state index contributed by atoms with van der Waals surface area (Å²) in [6.45, 7) is 9.06. The first-order chi connectivity index (χ1) is 14.7. The molecule has 0 aliphatic carbocycles. The van der Waals surface area contributed by atoms with Gasteiger partial charge in [-0.3, -0.25) is 14.4 Å². The second-order valence-electron chi connectivity index (χ2n) is 6.76. The van der Waals surface area contributed by atoms with Gasteiger partial charge >= 0.3 is 5.97 Å². The van der Waals surface area contributed by atoms with Crippen LogP contribution < -0.4 is 11.1 Å². The van der Waals surface area contributed by atoms with Gasteiger partial charge in [0.2, 0.25) is 5.91 Å². The summed E-state index contributed by atoms with van der Waals surface area (Å²) in [7, 11) is 0. The molecule has 1 aromatic heterocycles. The molecular formula is C23H26N4O4. The number of carbonyl (C=O) groups is 3. The number of primary amides is 1. The van der Waals surface area contributed by atoms with E-state index in [1.54, 1.807) is 13.0 Å². The molecule has 0 bridgehead atoms. The van der Waals surface area contributed by atoms with Crippen LogP contribution in [0.4, 0.5) is 5.69 Å². The molecule has 1 aromatic carbocycles. The topological polar surface area (TPSA) is 116 Å². The number of hydrogen-bond acceptors (Lipinski definition) is 5. The summed E-state index contributed by atoms with van der Waals surface area (Å²) >= 11 is 0. The highest BCUT2D eigenvalue weighted by Crippen LogP contribution is 2.22. The molecule has 0 aliphatic rings. The maximum absolute atomic E-state index is 11.7. The zero-order valence-electron chi connectivity index (χ0n) is 17.8. The van der Waals surface area contributed by atoms with Crippen molar-refractivity contribution in [2.75, 3.05) is 11.9 Å². The van der Waals surface area contributed by atoms with Crippen LogP contribution in [0.5, 0.6) is 0 Å². The van der Waals surface area contributed by atoms with Crippen molar-refractivity contribution < 1.29 is 19.1 Å². The van der Waals surface area contributed by atoms with Gasteiger partial charge in [0.25, 0.3) is 5.91 Å². The lowest BCUT2D eigenvalue weighted by molar-refractivity contribution is -0.142. The maximum atomic E-state index is 11.7. The Balaban J connectivity index is 2.31. The Morgan fingerprint density at radius 1 is 1.23 bits per heavy atom. The molecule has 0 spiro atoms. The predicted octanol–water partition coefficient (Wildman–Crippen LogP) is 3.40. The van der Waals surface area contributed by atoms with Gasteiger partial charge in [0.1, 0.15) is 0 Å². The first-order valence-electron chi connectivity index (χ1n) is 9.68. The predicted molar refractivity (Wildman–Crippen MR) is 120 cm³/mol. The molecule has 0 fully saturated rings. The number of nitrogens with two attached hydrogens (primary N) is 1. The first-order valence-corrected chi connectivity index (χ1v) is 9.68. The Morgan fingerprint density at radius 3 is 2.45 bits per heavy atom. The van der Waals surface area contributed by atoms with Crippen LogP contribution in [0.15, 0.2) is 60.8 Å². The summed E-state index contributed by atoms with van der Waals surface area (Å²) in [5, 5.41) is 6.72. The van der Waals surface area contributed by atoms with Crippen molar-refractivity contribution in [1.82, 2.24) is 9.78 Å². The van der Waals surface area contributed by atoms with Gasteiger partial charge in [-0.15, -0.1) is 0 Å². The number of carbonyl (C=O) groups excluding carboxylic acids is 3. The Kier molecular flexibility index (Phi) is 8.08. The van der Waals surface area contributed by atoms with Crippen molar-refractivity contribution in [1.29, 1.82) is 0 Å². The van der Waals surface area contributed by atoms with Crippen molar-refractivity contribution in [2.45, 2.75) is 27.2 Å². The average molecular weight is 422 g/mol. The van der Waals surface area contributed by atoms with E-state index in [1.165, 1.54) is 17.8 Å². The smallest absolute Gasteiger partial charge is 0.309 e. The number of allylic oxidation sites excluding steroid dienone is 4. The summed E-state index contributed by atoms with van der Waals surface area (Å²) in [6.07, 6.45) is 7.15. The first kappa shape index (κ1) is 23.3. The minimum Gasteiger partial charge on any atom is -0.466 e. The summed E-state index contributed by atoms with van der Waals surface area (Å²) in [5.41, 5.74) is 8.88. The molecule has 3 N–H and O–H groups in total. The number of hydrogen-bond donors (Lipinski definition) is 2. The van der Waals surface area contributed by atoms with E-state index in [9.17, 15) is 14.4 Å². The van der Waals surface area contributed by atoms with Crippen molar-refractivity contribution >= 4 is 29.0 Å². The molecule has 2 aromatic rings. The third-order valence-corrected chi connectivity index (χ3v) is 4.15. The fourth-order valence-corrected chi connectivity index (χ4v) is 2.89. The van der Waals surface area contributed by atoms with E-state index in [4.69, 9.17) is 10.5 Å². The van der Waals surface area contributed by atoms with Crippen molar-refractivity contribution in [2.24, 2.45) is 5.73 Å².